The van der Waals surface area contributed by atoms with Crippen molar-refractivity contribution in [2.75, 3.05) is 39.0 Å². The van der Waals surface area contributed by atoms with E-state index in [0.717, 1.165) is 17.9 Å². The zero-order valence-corrected chi connectivity index (χ0v) is 12.9. The van der Waals surface area contributed by atoms with Gasteiger partial charge in [-0.3, -0.25) is 14.5 Å². The molecule has 0 spiro atoms. The molecule has 2 rings (SSSR count). The quantitative estimate of drug-likeness (QED) is 0.857. The molecule has 0 aliphatic carbocycles. The highest BCUT2D eigenvalue weighted by atomic mass is 32.2. The highest BCUT2D eigenvalue weighted by Gasteiger charge is 2.21. The number of benzene rings is 1. The Bertz CT molecular complexity index is 504. The molecule has 1 fully saturated rings. The smallest absolute Gasteiger partial charge is 0.317 e. The summed E-state index contributed by atoms with van der Waals surface area (Å²) in [5, 5.41) is 8.84. The first-order valence-electron chi connectivity index (χ1n) is 6.97. The lowest BCUT2D eigenvalue weighted by atomic mass is 10.2. The first-order chi connectivity index (χ1) is 10.1. The Morgan fingerprint density at radius 2 is 1.86 bits per heavy atom. The van der Waals surface area contributed by atoms with Crippen molar-refractivity contribution in [3.8, 4) is 0 Å². The highest BCUT2D eigenvalue weighted by Crippen LogP contribution is 2.16. The average Bonchev–Trinajstić information content (AvgIpc) is 2.71. The summed E-state index contributed by atoms with van der Waals surface area (Å²) >= 11 is 1.65. The fraction of sp³-hybridized carbons (Fsp3) is 0.467. The van der Waals surface area contributed by atoms with Gasteiger partial charge in [0.25, 0.3) is 5.91 Å². The third kappa shape index (κ3) is 4.47. The number of carboxylic acid groups (broad SMARTS) is 1. The maximum Gasteiger partial charge on any atom is 0.317 e. The van der Waals surface area contributed by atoms with E-state index in [1.54, 1.807) is 11.8 Å². The van der Waals surface area contributed by atoms with Gasteiger partial charge in [0.05, 0.1) is 6.54 Å². The van der Waals surface area contributed by atoms with Crippen molar-refractivity contribution in [3.05, 3.63) is 29.8 Å². The molecule has 1 aliphatic rings. The second-order valence-electron chi connectivity index (χ2n) is 5.04. The predicted molar refractivity (Wildman–Crippen MR) is 82.8 cm³/mol. The van der Waals surface area contributed by atoms with Crippen LogP contribution >= 0.6 is 11.8 Å². The molecule has 1 saturated heterocycles. The number of thioether (sulfide) groups is 1. The van der Waals surface area contributed by atoms with E-state index in [0.29, 0.717) is 25.2 Å². The number of amides is 1. The number of carbonyl (C=O) groups is 2. The second kappa shape index (κ2) is 7.47. The van der Waals surface area contributed by atoms with Gasteiger partial charge in [-0.25, -0.2) is 0 Å². The van der Waals surface area contributed by atoms with Gasteiger partial charge in [-0.2, -0.15) is 0 Å². The molecule has 6 heteroatoms. The minimum absolute atomic E-state index is 0.0276. The summed E-state index contributed by atoms with van der Waals surface area (Å²) in [7, 11) is 0. The average molecular weight is 308 g/mol. The first kappa shape index (κ1) is 15.9. The molecule has 0 unspecified atom stereocenters. The fourth-order valence-electron chi connectivity index (χ4n) is 2.44. The van der Waals surface area contributed by atoms with E-state index in [-0.39, 0.29) is 12.5 Å². The van der Waals surface area contributed by atoms with E-state index in [1.165, 1.54) is 0 Å². The van der Waals surface area contributed by atoms with Crippen molar-refractivity contribution < 1.29 is 14.7 Å². The first-order valence-corrected chi connectivity index (χ1v) is 8.20. The zero-order valence-electron chi connectivity index (χ0n) is 12.1. The van der Waals surface area contributed by atoms with Crippen LogP contribution in [0.1, 0.15) is 16.8 Å². The zero-order chi connectivity index (χ0) is 15.2. The molecule has 21 heavy (non-hydrogen) atoms. The van der Waals surface area contributed by atoms with Gasteiger partial charge in [-0.1, -0.05) is 0 Å². The second-order valence-corrected chi connectivity index (χ2v) is 5.92. The summed E-state index contributed by atoms with van der Waals surface area (Å²) in [4.78, 5) is 28.0. The molecule has 0 bridgehead atoms. The van der Waals surface area contributed by atoms with Crippen LogP contribution in [0.5, 0.6) is 0 Å². The van der Waals surface area contributed by atoms with E-state index in [9.17, 15) is 9.59 Å². The van der Waals surface area contributed by atoms with Crippen LogP contribution in [0.25, 0.3) is 0 Å². The summed E-state index contributed by atoms with van der Waals surface area (Å²) in [6.07, 6.45) is 2.81. The molecular formula is C15H20N2O3S. The van der Waals surface area contributed by atoms with Gasteiger partial charge in [-0.05, 0) is 36.9 Å². The Morgan fingerprint density at radius 1 is 1.14 bits per heavy atom. The Labute approximate surface area is 128 Å². The van der Waals surface area contributed by atoms with Gasteiger partial charge in [0.2, 0.25) is 0 Å². The summed E-state index contributed by atoms with van der Waals surface area (Å²) < 4.78 is 0. The normalized spacial score (nSPS) is 16.5. The number of nitrogens with zero attached hydrogens (tertiary/aromatic N) is 2. The molecule has 0 saturated carbocycles. The summed E-state index contributed by atoms with van der Waals surface area (Å²) in [6.45, 7) is 2.64. The molecular weight excluding hydrogens is 288 g/mol. The third-order valence-corrected chi connectivity index (χ3v) is 4.32. The molecule has 1 aromatic carbocycles. The number of rotatable bonds is 4. The minimum Gasteiger partial charge on any atom is -0.480 e. The standard InChI is InChI=1S/C15H20N2O3S/c1-21-13-5-3-12(4-6-13)15(20)17-8-2-7-16(9-10-17)11-14(18)19/h3-6H,2,7-11H2,1H3,(H,18,19). The molecule has 114 valence electrons. The molecule has 0 aromatic heterocycles. The van der Waals surface area contributed by atoms with Crippen LogP contribution < -0.4 is 0 Å². The third-order valence-electron chi connectivity index (χ3n) is 3.57. The van der Waals surface area contributed by atoms with Gasteiger partial charge in [0.15, 0.2) is 0 Å². The van der Waals surface area contributed by atoms with Crippen molar-refractivity contribution in [2.24, 2.45) is 0 Å². The van der Waals surface area contributed by atoms with Gasteiger partial charge >= 0.3 is 5.97 Å². The SMILES string of the molecule is CSc1ccc(C(=O)N2CCCN(CC(=O)O)CC2)cc1. The molecule has 1 amide bonds. The van der Waals surface area contributed by atoms with Gasteiger partial charge < -0.3 is 10.0 Å². The minimum atomic E-state index is -0.817. The van der Waals surface area contributed by atoms with Crippen molar-refractivity contribution in [1.29, 1.82) is 0 Å². The molecule has 1 aliphatic heterocycles. The van der Waals surface area contributed by atoms with Crippen LogP contribution in [0.3, 0.4) is 0 Å². The lowest BCUT2D eigenvalue weighted by molar-refractivity contribution is -0.138. The predicted octanol–water partition coefficient (Wildman–Crippen LogP) is 1.64. The fourth-order valence-corrected chi connectivity index (χ4v) is 2.85. The lowest BCUT2D eigenvalue weighted by Crippen LogP contribution is -2.36. The van der Waals surface area contributed by atoms with Crippen molar-refractivity contribution in [2.45, 2.75) is 11.3 Å². The van der Waals surface area contributed by atoms with Crippen LogP contribution in [0, 0.1) is 0 Å². The summed E-state index contributed by atoms with van der Waals surface area (Å²) in [6, 6.07) is 7.61. The Balaban J connectivity index is 1.97. The molecule has 1 N–H and O–H groups in total. The topological polar surface area (TPSA) is 60.9 Å². The number of carbonyl (C=O) groups excluding carboxylic acids is 1. The monoisotopic (exact) mass is 308 g/mol. The van der Waals surface area contributed by atoms with E-state index < -0.39 is 5.97 Å². The molecule has 1 heterocycles. The number of hydrogen-bond donors (Lipinski definition) is 1. The Kier molecular flexibility index (Phi) is 5.64. The van der Waals surface area contributed by atoms with Crippen LogP contribution in [0.4, 0.5) is 0 Å². The lowest BCUT2D eigenvalue weighted by Gasteiger charge is -2.21. The van der Waals surface area contributed by atoms with Gasteiger partial charge in [0.1, 0.15) is 0 Å². The van der Waals surface area contributed by atoms with Crippen LogP contribution in [0.2, 0.25) is 0 Å². The molecule has 0 atom stereocenters. The van der Waals surface area contributed by atoms with Gasteiger partial charge in [-0.15, -0.1) is 11.8 Å². The van der Waals surface area contributed by atoms with Crippen molar-refractivity contribution in [1.82, 2.24) is 9.80 Å². The summed E-state index contributed by atoms with van der Waals surface area (Å²) in [5.41, 5.74) is 0.694. The molecule has 5 nitrogen and oxygen atoms in total. The molecule has 1 aromatic rings. The summed E-state index contributed by atoms with van der Waals surface area (Å²) in [5.74, 6) is -0.790. The Morgan fingerprint density at radius 3 is 2.48 bits per heavy atom. The Hall–Kier alpha value is -1.53. The number of carboxylic acids is 1. The van der Waals surface area contributed by atoms with Crippen LogP contribution in [-0.2, 0) is 4.79 Å². The maximum atomic E-state index is 12.5. The van der Waals surface area contributed by atoms with E-state index in [1.807, 2.05) is 40.3 Å². The maximum absolute atomic E-state index is 12.5. The molecule has 0 radical (unpaired) electrons. The number of hydrogen-bond acceptors (Lipinski definition) is 4. The van der Waals surface area contributed by atoms with Crippen molar-refractivity contribution in [3.63, 3.8) is 0 Å². The van der Waals surface area contributed by atoms with E-state index in [2.05, 4.69) is 0 Å². The van der Waals surface area contributed by atoms with E-state index in [4.69, 9.17) is 5.11 Å². The largest absolute Gasteiger partial charge is 0.480 e. The highest BCUT2D eigenvalue weighted by molar-refractivity contribution is 7.98. The van der Waals surface area contributed by atoms with Crippen LogP contribution in [-0.4, -0.2) is 65.8 Å². The van der Waals surface area contributed by atoms with Crippen LogP contribution in [0.15, 0.2) is 29.2 Å². The number of aliphatic carboxylic acids is 1. The van der Waals surface area contributed by atoms with Gasteiger partial charge in [0, 0.05) is 36.6 Å². The van der Waals surface area contributed by atoms with Crippen molar-refractivity contribution >= 4 is 23.6 Å². The van der Waals surface area contributed by atoms with E-state index >= 15 is 0 Å².